The number of ether oxygens (including phenoxy) is 2. The molecular weight excluding hydrogens is 164 g/mol. The number of fused-ring (bicyclic) bond motifs is 2. The van der Waals surface area contributed by atoms with Crippen molar-refractivity contribution in [3.63, 3.8) is 0 Å². The van der Waals surface area contributed by atoms with Gasteiger partial charge in [-0.05, 0) is 0 Å². The van der Waals surface area contributed by atoms with E-state index in [9.17, 15) is 10.2 Å². The Morgan fingerprint density at radius 1 is 1.42 bits per heavy atom. The van der Waals surface area contributed by atoms with E-state index >= 15 is 0 Å². The monoisotopic (exact) mass is 176 g/mol. The third kappa shape index (κ3) is 0.915. The summed E-state index contributed by atoms with van der Waals surface area (Å²) < 4.78 is 10.1. The average Bonchev–Trinajstić information content (AvgIpc) is 2.23. The molecule has 5 nitrogen and oxygen atoms in total. The van der Waals surface area contributed by atoms with Crippen molar-refractivity contribution < 1.29 is 24.8 Å². The van der Waals surface area contributed by atoms with Crippen LogP contribution in [0.1, 0.15) is 6.42 Å². The zero-order valence-corrected chi connectivity index (χ0v) is 6.51. The molecular formula is C7H12O5. The first kappa shape index (κ1) is 8.40. The number of rotatable bonds is 1. The second-order valence-corrected chi connectivity index (χ2v) is 3.26. The third-order valence-corrected chi connectivity index (χ3v) is 2.59. The van der Waals surface area contributed by atoms with Crippen molar-refractivity contribution in [3.05, 3.63) is 0 Å². The molecule has 2 aliphatic heterocycles. The van der Waals surface area contributed by atoms with Crippen molar-refractivity contribution in [3.8, 4) is 0 Å². The molecule has 2 bridgehead atoms. The normalized spacial score (nSPS) is 52.8. The molecule has 0 aliphatic carbocycles. The van der Waals surface area contributed by atoms with Crippen LogP contribution >= 0.6 is 0 Å². The first-order valence-corrected chi connectivity index (χ1v) is 3.96. The van der Waals surface area contributed by atoms with E-state index in [1.54, 1.807) is 0 Å². The van der Waals surface area contributed by atoms with Crippen LogP contribution < -0.4 is 0 Å². The van der Waals surface area contributed by atoms with Crippen LogP contribution in [0.5, 0.6) is 0 Å². The van der Waals surface area contributed by atoms with Crippen molar-refractivity contribution in [2.75, 3.05) is 13.2 Å². The van der Waals surface area contributed by atoms with E-state index in [0.29, 0.717) is 13.0 Å². The standard InChI is InChI=1S/C7H12O5/c8-3-7-1-2-11-4(5(7)9)6(10)12-7/h4-6,8-10H,1-3H2/t4-,5?,6+,7-/m0/s1. The molecule has 0 amide bonds. The molecule has 3 N–H and O–H groups in total. The van der Waals surface area contributed by atoms with E-state index in [0.717, 1.165) is 0 Å². The lowest BCUT2D eigenvalue weighted by atomic mass is 9.91. The Morgan fingerprint density at radius 2 is 2.17 bits per heavy atom. The lowest BCUT2D eigenvalue weighted by Gasteiger charge is -2.33. The van der Waals surface area contributed by atoms with Crippen LogP contribution in [-0.2, 0) is 9.47 Å². The van der Waals surface area contributed by atoms with Gasteiger partial charge in [0.05, 0.1) is 13.2 Å². The lowest BCUT2D eigenvalue weighted by Crippen LogP contribution is -2.51. The number of aliphatic hydroxyl groups excluding tert-OH is 3. The summed E-state index contributed by atoms with van der Waals surface area (Å²) in [5.74, 6) is 0. The Morgan fingerprint density at radius 3 is 2.75 bits per heavy atom. The van der Waals surface area contributed by atoms with Gasteiger partial charge in [0.2, 0.25) is 0 Å². The van der Waals surface area contributed by atoms with E-state index in [1.165, 1.54) is 0 Å². The maximum atomic E-state index is 9.56. The average molecular weight is 176 g/mol. The van der Waals surface area contributed by atoms with Crippen molar-refractivity contribution in [2.45, 2.75) is 30.5 Å². The molecule has 0 saturated carbocycles. The molecule has 2 saturated heterocycles. The second kappa shape index (κ2) is 2.65. The minimum absolute atomic E-state index is 0.287. The van der Waals surface area contributed by atoms with E-state index in [2.05, 4.69) is 0 Å². The van der Waals surface area contributed by atoms with Gasteiger partial charge in [-0.1, -0.05) is 0 Å². The van der Waals surface area contributed by atoms with Gasteiger partial charge in [-0.2, -0.15) is 0 Å². The fourth-order valence-electron chi connectivity index (χ4n) is 1.79. The van der Waals surface area contributed by atoms with E-state index in [-0.39, 0.29) is 6.61 Å². The zero-order valence-electron chi connectivity index (χ0n) is 6.51. The topological polar surface area (TPSA) is 79.2 Å². The Labute approximate surface area is 69.5 Å². The van der Waals surface area contributed by atoms with Crippen LogP contribution in [0.4, 0.5) is 0 Å². The first-order valence-electron chi connectivity index (χ1n) is 3.96. The molecule has 2 rings (SSSR count). The number of hydrogen-bond donors (Lipinski definition) is 3. The van der Waals surface area contributed by atoms with Crippen LogP contribution in [0.2, 0.25) is 0 Å². The summed E-state index contributed by atoms with van der Waals surface area (Å²) in [7, 11) is 0. The quantitative estimate of drug-likeness (QED) is 0.440. The van der Waals surface area contributed by atoms with Gasteiger partial charge in [-0.25, -0.2) is 0 Å². The summed E-state index contributed by atoms with van der Waals surface area (Å²) in [5, 5.41) is 27.8. The Kier molecular flexibility index (Phi) is 1.85. The molecule has 2 aliphatic rings. The molecule has 12 heavy (non-hydrogen) atoms. The fourth-order valence-corrected chi connectivity index (χ4v) is 1.79. The molecule has 4 atom stereocenters. The van der Waals surface area contributed by atoms with Gasteiger partial charge < -0.3 is 24.8 Å². The molecule has 0 aromatic carbocycles. The highest BCUT2D eigenvalue weighted by atomic mass is 16.7. The van der Waals surface area contributed by atoms with E-state index in [4.69, 9.17) is 14.6 Å². The summed E-state index contributed by atoms with van der Waals surface area (Å²) in [6.45, 7) is 0.116. The minimum Gasteiger partial charge on any atom is -0.393 e. The molecule has 1 unspecified atom stereocenters. The SMILES string of the molecule is OC[C@@]12CCO[C@@H](C1O)[C@H](O)O2. The highest BCUT2D eigenvalue weighted by Gasteiger charge is 2.57. The molecule has 5 heteroatoms. The summed E-state index contributed by atoms with van der Waals surface area (Å²) in [5.41, 5.74) is -0.998. The molecule has 2 heterocycles. The highest BCUT2D eigenvalue weighted by Crippen LogP contribution is 2.38. The minimum atomic E-state index is -1.12. The smallest absolute Gasteiger partial charge is 0.184 e. The van der Waals surface area contributed by atoms with Crippen molar-refractivity contribution >= 4 is 0 Å². The number of hydrogen-bond acceptors (Lipinski definition) is 5. The molecule has 0 spiro atoms. The Balaban J connectivity index is 2.24. The maximum Gasteiger partial charge on any atom is 0.184 e. The van der Waals surface area contributed by atoms with Crippen molar-refractivity contribution in [1.29, 1.82) is 0 Å². The van der Waals surface area contributed by atoms with E-state index in [1.807, 2.05) is 0 Å². The van der Waals surface area contributed by atoms with Crippen LogP contribution in [0.25, 0.3) is 0 Å². The molecule has 2 fully saturated rings. The molecule has 0 radical (unpaired) electrons. The molecule has 0 aromatic rings. The van der Waals surface area contributed by atoms with Crippen molar-refractivity contribution in [2.24, 2.45) is 0 Å². The van der Waals surface area contributed by atoms with Crippen LogP contribution in [0.3, 0.4) is 0 Å². The number of aliphatic hydroxyl groups is 3. The maximum absolute atomic E-state index is 9.56. The third-order valence-electron chi connectivity index (χ3n) is 2.59. The van der Waals surface area contributed by atoms with Gasteiger partial charge >= 0.3 is 0 Å². The van der Waals surface area contributed by atoms with Crippen molar-refractivity contribution in [1.82, 2.24) is 0 Å². The van der Waals surface area contributed by atoms with Gasteiger partial charge in [-0.15, -0.1) is 0 Å². The Hall–Kier alpha value is -0.200. The summed E-state index contributed by atoms with van der Waals surface area (Å²) >= 11 is 0. The van der Waals surface area contributed by atoms with Gasteiger partial charge in [0.1, 0.15) is 17.8 Å². The Bertz CT molecular complexity index is 185. The summed E-state index contributed by atoms with van der Waals surface area (Å²) in [4.78, 5) is 0. The summed E-state index contributed by atoms with van der Waals surface area (Å²) in [6.07, 6.45) is -2.33. The zero-order chi connectivity index (χ0) is 8.77. The highest BCUT2D eigenvalue weighted by molar-refractivity contribution is 5.02. The van der Waals surface area contributed by atoms with Crippen LogP contribution in [-0.4, -0.2) is 52.6 Å². The molecule has 0 aromatic heterocycles. The second-order valence-electron chi connectivity index (χ2n) is 3.26. The van der Waals surface area contributed by atoms with Gasteiger partial charge in [0.15, 0.2) is 6.29 Å². The lowest BCUT2D eigenvalue weighted by molar-refractivity contribution is -0.166. The summed E-state index contributed by atoms with van der Waals surface area (Å²) in [6, 6.07) is 0. The van der Waals surface area contributed by atoms with Gasteiger partial charge in [0, 0.05) is 6.42 Å². The van der Waals surface area contributed by atoms with Crippen LogP contribution in [0.15, 0.2) is 0 Å². The van der Waals surface area contributed by atoms with Gasteiger partial charge in [-0.3, -0.25) is 0 Å². The van der Waals surface area contributed by atoms with E-state index < -0.39 is 24.1 Å². The fraction of sp³-hybridized carbons (Fsp3) is 1.00. The predicted octanol–water partition coefficient (Wildman–Crippen LogP) is -1.78. The first-order chi connectivity index (χ1) is 5.69. The van der Waals surface area contributed by atoms with Crippen LogP contribution in [0, 0.1) is 0 Å². The molecule has 70 valence electrons. The largest absolute Gasteiger partial charge is 0.393 e. The van der Waals surface area contributed by atoms with Gasteiger partial charge in [0.25, 0.3) is 0 Å². The predicted molar refractivity (Wildman–Crippen MR) is 37.3 cm³/mol.